The molecule has 2 aromatic carbocycles. The number of hydrogen-bond acceptors (Lipinski definition) is 6. The van der Waals surface area contributed by atoms with E-state index in [-0.39, 0.29) is 22.2 Å². The van der Waals surface area contributed by atoms with Gasteiger partial charge in [0.05, 0.1) is 5.69 Å². The number of hydrogen-bond donors (Lipinski definition) is 3. The van der Waals surface area contributed by atoms with E-state index >= 15 is 0 Å². The molecule has 5 N–H and O–H groups in total. The summed E-state index contributed by atoms with van der Waals surface area (Å²) in [6, 6.07) is 14.0. The first kappa shape index (κ1) is 26.9. The molecule has 1 aromatic heterocycles. The standard InChI is InChI=1S/C27H33N5O3S/c1-5-18-8-12-20(13-9-18)32(27(35)24-21(28)22(25(29)33)31-36-24)23(19-10-6-17(4)7-11-19)26(34)30-15-14-16(2)3/h6-13,16,23H,5,14-15,28H2,1-4H3,(H2,29,33)(H,30,34)/t23-/m1/s1. The number of amides is 3. The Balaban J connectivity index is 2.15. The highest BCUT2D eigenvalue weighted by Crippen LogP contribution is 2.33. The van der Waals surface area contributed by atoms with Gasteiger partial charge in [-0.05, 0) is 60.5 Å². The third-order valence-corrected chi connectivity index (χ3v) is 6.77. The highest BCUT2D eigenvalue weighted by molar-refractivity contribution is 7.09. The van der Waals surface area contributed by atoms with Gasteiger partial charge in [0, 0.05) is 12.2 Å². The van der Waals surface area contributed by atoms with E-state index < -0.39 is 17.9 Å². The van der Waals surface area contributed by atoms with E-state index in [1.54, 1.807) is 0 Å². The average molecular weight is 508 g/mol. The molecule has 0 unspecified atom stereocenters. The van der Waals surface area contributed by atoms with Crippen molar-refractivity contribution in [1.82, 2.24) is 9.69 Å². The molecule has 0 radical (unpaired) electrons. The Kier molecular flexibility index (Phi) is 8.82. The number of carbonyl (C=O) groups is 3. The molecular weight excluding hydrogens is 474 g/mol. The number of nitrogens with one attached hydrogen (secondary N) is 1. The van der Waals surface area contributed by atoms with E-state index in [1.165, 1.54) is 4.90 Å². The molecule has 0 aliphatic rings. The number of nitrogens with zero attached hydrogens (tertiary/aromatic N) is 2. The Hall–Kier alpha value is -3.72. The predicted octanol–water partition coefficient (Wildman–Crippen LogP) is 4.25. The van der Waals surface area contributed by atoms with E-state index in [9.17, 15) is 14.4 Å². The predicted molar refractivity (Wildman–Crippen MR) is 144 cm³/mol. The second-order valence-corrected chi connectivity index (χ2v) is 9.89. The van der Waals surface area contributed by atoms with Crippen LogP contribution in [0.5, 0.6) is 0 Å². The fraction of sp³-hybridized carbons (Fsp3) is 0.333. The Labute approximate surface area is 215 Å². The third-order valence-electron chi connectivity index (χ3n) is 5.92. The van der Waals surface area contributed by atoms with Gasteiger partial charge in [-0.3, -0.25) is 19.3 Å². The summed E-state index contributed by atoms with van der Waals surface area (Å²) in [7, 11) is 0. The lowest BCUT2D eigenvalue weighted by molar-refractivity contribution is -0.122. The molecule has 3 amide bonds. The summed E-state index contributed by atoms with van der Waals surface area (Å²) >= 11 is 0.793. The summed E-state index contributed by atoms with van der Waals surface area (Å²) in [5, 5.41) is 2.99. The summed E-state index contributed by atoms with van der Waals surface area (Å²) in [5.74, 6) is -1.26. The number of aromatic nitrogens is 1. The molecule has 0 saturated heterocycles. The molecule has 1 heterocycles. The molecule has 0 saturated carbocycles. The summed E-state index contributed by atoms with van der Waals surface area (Å²) in [5.41, 5.74) is 14.5. The van der Waals surface area contributed by atoms with Gasteiger partial charge < -0.3 is 16.8 Å². The summed E-state index contributed by atoms with van der Waals surface area (Å²) in [6.45, 7) is 8.63. The Morgan fingerprint density at radius 2 is 1.69 bits per heavy atom. The van der Waals surface area contributed by atoms with Crippen molar-refractivity contribution in [3.05, 3.63) is 75.8 Å². The fourth-order valence-electron chi connectivity index (χ4n) is 3.76. The second kappa shape index (κ2) is 11.8. The number of carbonyl (C=O) groups excluding carboxylic acids is 3. The van der Waals surface area contributed by atoms with Crippen LogP contribution in [0, 0.1) is 12.8 Å². The lowest BCUT2D eigenvalue weighted by atomic mass is 10.0. The summed E-state index contributed by atoms with van der Waals surface area (Å²) < 4.78 is 3.99. The smallest absolute Gasteiger partial charge is 0.273 e. The molecule has 0 spiro atoms. The van der Waals surface area contributed by atoms with Crippen molar-refractivity contribution in [1.29, 1.82) is 0 Å². The van der Waals surface area contributed by atoms with Crippen LogP contribution in [0.2, 0.25) is 0 Å². The minimum absolute atomic E-state index is 0.0514. The molecule has 3 rings (SSSR count). The van der Waals surface area contributed by atoms with E-state index in [4.69, 9.17) is 11.5 Å². The maximum Gasteiger partial charge on any atom is 0.273 e. The zero-order chi connectivity index (χ0) is 26.4. The number of anilines is 2. The van der Waals surface area contributed by atoms with Crippen LogP contribution >= 0.6 is 11.5 Å². The second-order valence-electron chi connectivity index (χ2n) is 9.12. The van der Waals surface area contributed by atoms with Gasteiger partial charge in [0.2, 0.25) is 5.91 Å². The van der Waals surface area contributed by atoms with E-state index in [2.05, 4.69) is 23.5 Å². The SMILES string of the molecule is CCc1ccc(N(C(=O)c2snc(C(N)=O)c2N)[C@@H](C(=O)NCCC(C)C)c2ccc(C)cc2)cc1. The van der Waals surface area contributed by atoms with Crippen LogP contribution in [0.1, 0.15) is 70.1 Å². The van der Waals surface area contributed by atoms with Crippen molar-refractivity contribution in [2.75, 3.05) is 17.2 Å². The Morgan fingerprint density at radius 1 is 1.06 bits per heavy atom. The van der Waals surface area contributed by atoms with Gasteiger partial charge >= 0.3 is 0 Å². The molecule has 36 heavy (non-hydrogen) atoms. The lowest BCUT2D eigenvalue weighted by Gasteiger charge is -2.31. The van der Waals surface area contributed by atoms with Crippen molar-refractivity contribution in [3.8, 4) is 0 Å². The molecule has 1 atom stereocenters. The van der Waals surface area contributed by atoms with Gasteiger partial charge in [0.15, 0.2) is 5.69 Å². The Morgan fingerprint density at radius 3 is 2.22 bits per heavy atom. The molecule has 0 aliphatic carbocycles. The van der Waals surface area contributed by atoms with Crippen LogP contribution in [0.3, 0.4) is 0 Å². The van der Waals surface area contributed by atoms with Crippen LogP contribution in [-0.2, 0) is 11.2 Å². The summed E-state index contributed by atoms with van der Waals surface area (Å²) in [6.07, 6.45) is 1.63. The van der Waals surface area contributed by atoms with Gasteiger partial charge in [-0.2, -0.15) is 4.37 Å². The minimum Gasteiger partial charge on any atom is -0.395 e. The fourth-order valence-corrected chi connectivity index (χ4v) is 4.50. The molecule has 0 fully saturated rings. The highest BCUT2D eigenvalue weighted by Gasteiger charge is 2.36. The zero-order valence-corrected chi connectivity index (χ0v) is 21.9. The number of aryl methyl sites for hydroxylation is 2. The van der Waals surface area contributed by atoms with Gasteiger partial charge in [0.1, 0.15) is 10.9 Å². The minimum atomic E-state index is -0.976. The molecule has 9 heteroatoms. The van der Waals surface area contributed by atoms with E-state index in [0.29, 0.717) is 23.7 Å². The molecule has 0 bridgehead atoms. The number of rotatable bonds is 10. The number of primary amides is 1. The van der Waals surface area contributed by atoms with Crippen molar-refractivity contribution in [2.24, 2.45) is 11.7 Å². The lowest BCUT2D eigenvalue weighted by Crippen LogP contribution is -2.44. The highest BCUT2D eigenvalue weighted by atomic mass is 32.1. The Bertz CT molecular complexity index is 1220. The first-order valence-electron chi connectivity index (χ1n) is 12.0. The van der Waals surface area contributed by atoms with Crippen LogP contribution in [0.25, 0.3) is 0 Å². The van der Waals surface area contributed by atoms with Crippen LogP contribution < -0.4 is 21.7 Å². The third kappa shape index (κ3) is 6.09. The van der Waals surface area contributed by atoms with Gasteiger partial charge in [-0.25, -0.2) is 0 Å². The van der Waals surface area contributed by atoms with Gasteiger partial charge in [-0.1, -0.05) is 62.7 Å². The van der Waals surface area contributed by atoms with Gasteiger partial charge in [0.25, 0.3) is 11.8 Å². The maximum absolute atomic E-state index is 14.0. The normalized spacial score (nSPS) is 11.8. The quantitative estimate of drug-likeness (QED) is 0.378. The maximum atomic E-state index is 14.0. The van der Waals surface area contributed by atoms with Crippen LogP contribution in [-0.4, -0.2) is 28.6 Å². The zero-order valence-electron chi connectivity index (χ0n) is 21.1. The largest absolute Gasteiger partial charge is 0.395 e. The first-order valence-corrected chi connectivity index (χ1v) is 12.7. The monoisotopic (exact) mass is 507 g/mol. The number of nitrogen functional groups attached to an aromatic ring is 1. The molecule has 0 aliphatic heterocycles. The van der Waals surface area contributed by atoms with Crippen molar-refractivity contribution in [3.63, 3.8) is 0 Å². The van der Waals surface area contributed by atoms with E-state index in [1.807, 2.05) is 62.4 Å². The van der Waals surface area contributed by atoms with Crippen molar-refractivity contribution < 1.29 is 14.4 Å². The summed E-state index contributed by atoms with van der Waals surface area (Å²) in [4.78, 5) is 40.9. The van der Waals surface area contributed by atoms with Crippen molar-refractivity contribution in [2.45, 2.75) is 46.6 Å². The van der Waals surface area contributed by atoms with Crippen LogP contribution in [0.4, 0.5) is 11.4 Å². The van der Waals surface area contributed by atoms with E-state index in [0.717, 1.165) is 35.5 Å². The molecule has 3 aromatic rings. The molecular formula is C27H33N5O3S. The number of benzene rings is 2. The molecule has 8 nitrogen and oxygen atoms in total. The van der Waals surface area contributed by atoms with Crippen LogP contribution in [0.15, 0.2) is 48.5 Å². The van der Waals surface area contributed by atoms with Crippen molar-refractivity contribution >= 4 is 40.6 Å². The number of nitrogens with two attached hydrogens (primary N) is 2. The average Bonchev–Trinajstić information content (AvgIpc) is 3.24. The molecule has 190 valence electrons. The topological polar surface area (TPSA) is 131 Å². The first-order chi connectivity index (χ1) is 17.1. The van der Waals surface area contributed by atoms with Gasteiger partial charge in [-0.15, -0.1) is 0 Å².